The van der Waals surface area contributed by atoms with Gasteiger partial charge in [0.2, 0.25) is 11.8 Å². The first kappa shape index (κ1) is 21.1. The SMILES string of the molecule is CC(C)C(=O)NCC(CNC(=O)C(C)C)OP(=O)(O)C(C)C. The Morgan fingerprint density at radius 3 is 1.59 bits per heavy atom. The Balaban J connectivity index is 4.73. The molecule has 0 aromatic carbocycles. The van der Waals surface area contributed by atoms with Gasteiger partial charge in [-0.1, -0.05) is 41.5 Å². The molecule has 0 saturated heterocycles. The van der Waals surface area contributed by atoms with Crippen LogP contribution in [-0.4, -0.2) is 41.6 Å². The molecule has 0 fully saturated rings. The van der Waals surface area contributed by atoms with Gasteiger partial charge in [-0.05, 0) is 0 Å². The number of hydrogen-bond donors (Lipinski definition) is 3. The Hall–Kier alpha value is -0.910. The number of amides is 2. The van der Waals surface area contributed by atoms with Crippen molar-refractivity contribution in [2.45, 2.75) is 53.3 Å². The smallest absolute Gasteiger partial charge is 0.330 e. The van der Waals surface area contributed by atoms with E-state index in [0.29, 0.717) is 0 Å². The van der Waals surface area contributed by atoms with Crippen molar-refractivity contribution in [2.24, 2.45) is 11.8 Å². The van der Waals surface area contributed by atoms with Crippen molar-refractivity contribution in [3.63, 3.8) is 0 Å². The third-order valence-corrected chi connectivity index (χ3v) is 4.91. The largest absolute Gasteiger partial charge is 0.353 e. The van der Waals surface area contributed by atoms with Crippen molar-refractivity contribution >= 4 is 19.4 Å². The Morgan fingerprint density at radius 1 is 0.955 bits per heavy atom. The van der Waals surface area contributed by atoms with Gasteiger partial charge >= 0.3 is 7.60 Å². The number of carbonyl (C=O) groups is 2. The van der Waals surface area contributed by atoms with Crippen LogP contribution in [0.4, 0.5) is 0 Å². The Kier molecular flexibility index (Phi) is 8.89. The lowest BCUT2D eigenvalue weighted by Crippen LogP contribution is -2.43. The van der Waals surface area contributed by atoms with Crippen LogP contribution in [0.1, 0.15) is 41.5 Å². The fourth-order valence-corrected chi connectivity index (χ4v) is 2.14. The molecular weight excluding hydrogens is 307 g/mol. The second-order valence-corrected chi connectivity index (χ2v) is 8.56. The predicted molar refractivity (Wildman–Crippen MR) is 85.5 cm³/mol. The lowest BCUT2D eigenvalue weighted by Gasteiger charge is -2.24. The molecule has 0 saturated carbocycles. The molecule has 7 nitrogen and oxygen atoms in total. The van der Waals surface area contributed by atoms with E-state index in [0.717, 1.165) is 0 Å². The molecule has 130 valence electrons. The van der Waals surface area contributed by atoms with Crippen molar-refractivity contribution in [1.82, 2.24) is 10.6 Å². The molecule has 1 atom stereocenters. The van der Waals surface area contributed by atoms with Gasteiger partial charge in [0.15, 0.2) is 0 Å². The van der Waals surface area contributed by atoms with Crippen LogP contribution in [0.5, 0.6) is 0 Å². The highest BCUT2D eigenvalue weighted by atomic mass is 31.2. The quantitative estimate of drug-likeness (QED) is 0.554. The first-order valence-corrected chi connectivity index (χ1v) is 9.18. The van der Waals surface area contributed by atoms with Gasteiger partial charge in [0.05, 0.1) is 5.66 Å². The lowest BCUT2D eigenvalue weighted by molar-refractivity contribution is -0.124. The molecule has 3 N–H and O–H groups in total. The zero-order valence-electron chi connectivity index (χ0n) is 14.3. The van der Waals surface area contributed by atoms with Crippen LogP contribution < -0.4 is 10.6 Å². The highest BCUT2D eigenvalue weighted by Gasteiger charge is 2.29. The molecule has 0 radical (unpaired) electrons. The lowest BCUT2D eigenvalue weighted by atomic mass is 10.2. The van der Waals surface area contributed by atoms with E-state index in [1.807, 2.05) is 0 Å². The summed E-state index contributed by atoms with van der Waals surface area (Å²) in [4.78, 5) is 33.0. The van der Waals surface area contributed by atoms with E-state index in [9.17, 15) is 19.0 Å². The van der Waals surface area contributed by atoms with Gasteiger partial charge in [0, 0.05) is 24.9 Å². The van der Waals surface area contributed by atoms with E-state index in [1.165, 1.54) is 0 Å². The van der Waals surface area contributed by atoms with Crippen molar-refractivity contribution in [2.75, 3.05) is 13.1 Å². The number of nitrogens with one attached hydrogen (secondary N) is 2. The second kappa shape index (κ2) is 9.28. The molecule has 0 bridgehead atoms. The molecule has 0 aliphatic carbocycles. The van der Waals surface area contributed by atoms with Gasteiger partial charge in [-0.25, -0.2) is 0 Å². The van der Waals surface area contributed by atoms with E-state index in [1.54, 1.807) is 41.5 Å². The summed E-state index contributed by atoms with van der Waals surface area (Å²) in [5, 5.41) is 5.30. The van der Waals surface area contributed by atoms with Gasteiger partial charge in [-0.15, -0.1) is 0 Å². The molecule has 0 aromatic heterocycles. The minimum atomic E-state index is -3.79. The third kappa shape index (κ3) is 7.92. The molecular formula is C14H29N2O5P. The molecule has 22 heavy (non-hydrogen) atoms. The normalized spacial score (nSPS) is 14.5. The van der Waals surface area contributed by atoms with E-state index < -0.39 is 19.4 Å². The van der Waals surface area contributed by atoms with Gasteiger partial charge in [-0.3, -0.25) is 14.2 Å². The monoisotopic (exact) mass is 336 g/mol. The summed E-state index contributed by atoms with van der Waals surface area (Å²) in [7, 11) is -3.79. The molecule has 2 amide bonds. The van der Waals surface area contributed by atoms with Gasteiger partial charge in [0.1, 0.15) is 6.10 Å². The highest BCUT2D eigenvalue weighted by Crippen LogP contribution is 2.48. The Bertz CT molecular complexity index is 399. The predicted octanol–water partition coefficient (Wildman–Crippen LogP) is 1.51. The maximum absolute atomic E-state index is 12.0. The molecule has 0 spiro atoms. The molecule has 0 aromatic rings. The minimum absolute atomic E-state index is 0.0622. The van der Waals surface area contributed by atoms with Gasteiger partial charge in [0.25, 0.3) is 0 Å². The minimum Gasteiger partial charge on any atom is -0.353 e. The zero-order valence-corrected chi connectivity index (χ0v) is 15.1. The van der Waals surface area contributed by atoms with Crippen LogP contribution in [0.25, 0.3) is 0 Å². The molecule has 0 aliphatic rings. The van der Waals surface area contributed by atoms with Crippen LogP contribution in [-0.2, 0) is 18.7 Å². The second-order valence-electron chi connectivity index (χ2n) is 6.18. The van der Waals surface area contributed by atoms with Crippen molar-refractivity contribution in [1.29, 1.82) is 0 Å². The standard InChI is InChI=1S/C14H29N2O5P/c1-9(2)13(17)15-7-12(8-16-14(18)10(3)4)21-22(19,20)11(5)6/h9-12H,7-8H2,1-6H3,(H,15,17)(H,16,18)(H,19,20). The summed E-state index contributed by atoms with van der Waals surface area (Å²) >= 11 is 0. The average molecular weight is 336 g/mol. The Labute approximate surface area is 132 Å². The summed E-state index contributed by atoms with van der Waals surface area (Å²) in [5.74, 6) is -0.754. The molecule has 0 rings (SSSR count). The third-order valence-electron chi connectivity index (χ3n) is 3.01. The summed E-state index contributed by atoms with van der Waals surface area (Å²) in [5.41, 5.74) is -0.559. The van der Waals surface area contributed by atoms with E-state index in [4.69, 9.17) is 4.52 Å². The number of hydrogen-bond acceptors (Lipinski definition) is 4. The first-order valence-electron chi connectivity index (χ1n) is 7.53. The van der Waals surface area contributed by atoms with Crippen molar-refractivity contribution in [3.8, 4) is 0 Å². The van der Waals surface area contributed by atoms with Crippen LogP contribution in [0, 0.1) is 11.8 Å². The number of rotatable bonds is 9. The fraction of sp³-hybridized carbons (Fsp3) is 0.857. The molecule has 8 heteroatoms. The van der Waals surface area contributed by atoms with Gasteiger partial charge in [-0.2, -0.15) is 0 Å². The van der Waals surface area contributed by atoms with E-state index in [2.05, 4.69) is 10.6 Å². The average Bonchev–Trinajstić information content (AvgIpc) is 2.40. The molecule has 0 heterocycles. The van der Waals surface area contributed by atoms with Crippen molar-refractivity contribution < 1.29 is 23.6 Å². The maximum atomic E-state index is 12.0. The molecule has 1 unspecified atom stereocenters. The van der Waals surface area contributed by atoms with Crippen LogP contribution >= 0.6 is 7.60 Å². The molecule has 0 aliphatic heterocycles. The van der Waals surface area contributed by atoms with Gasteiger partial charge < -0.3 is 20.1 Å². The topological polar surface area (TPSA) is 105 Å². The summed E-state index contributed by atoms with van der Waals surface area (Å²) < 4.78 is 17.2. The summed E-state index contributed by atoms with van der Waals surface area (Å²) in [6.45, 7) is 10.3. The highest BCUT2D eigenvalue weighted by molar-refractivity contribution is 7.53. The van der Waals surface area contributed by atoms with Crippen LogP contribution in [0.15, 0.2) is 0 Å². The zero-order chi connectivity index (χ0) is 17.5. The summed E-state index contributed by atoms with van der Waals surface area (Å²) in [6.07, 6.45) is -0.761. The van der Waals surface area contributed by atoms with E-state index >= 15 is 0 Å². The number of carbonyl (C=O) groups excluding carboxylic acids is 2. The Morgan fingerprint density at radius 2 is 1.32 bits per heavy atom. The fourth-order valence-electron chi connectivity index (χ4n) is 1.32. The summed E-state index contributed by atoms with van der Waals surface area (Å²) in [6, 6.07) is 0. The van der Waals surface area contributed by atoms with Crippen LogP contribution in [0.2, 0.25) is 0 Å². The first-order chi connectivity index (χ1) is 9.97. The van der Waals surface area contributed by atoms with E-state index in [-0.39, 0.29) is 36.7 Å². The van der Waals surface area contributed by atoms with Crippen molar-refractivity contribution in [3.05, 3.63) is 0 Å². The maximum Gasteiger partial charge on any atom is 0.330 e. The van der Waals surface area contributed by atoms with Crippen LogP contribution in [0.3, 0.4) is 0 Å².